The van der Waals surface area contributed by atoms with Gasteiger partial charge in [0.2, 0.25) is 17.7 Å². The number of nitrogens with one attached hydrogen (secondary N) is 3. The minimum absolute atomic E-state index is 0.0573. The van der Waals surface area contributed by atoms with E-state index in [9.17, 15) is 24.3 Å². The molecule has 0 aliphatic carbocycles. The first-order valence-corrected chi connectivity index (χ1v) is 10.7. The highest BCUT2D eigenvalue weighted by molar-refractivity contribution is 5.93. The zero-order chi connectivity index (χ0) is 24.3. The number of carboxylic acids is 1. The lowest BCUT2D eigenvalue weighted by molar-refractivity contribution is -0.143. The van der Waals surface area contributed by atoms with E-state index >= 15 is 0 Å². The van der Waals surface area contributed by atoms with Crippen molar-refractivity contribution < 1.29 is 29.0 Å². The lowest BCUT2D eigenvalue weighted by Gasteiger charge is -2.26. The van der Waals surface area contributed by atoms with Crippen molar-refractivity contribution >= 4 is 23.7 Å². The fourth-order valence-corrected chi connectivity index (χ4v) is 3.04. The lowest BCUT2D eigenvalue weighted by Crippen LogP contribution is -2.57. The number of amides is 3. The molecule has 32 heavy (non-hydrogen) atoms. The highest BCUT2D eigenvalue weighted by Gasteiger charge is 2.31. The van der Waals surface area contributed by atoms with E-state index in [1.54, 1.807) is 13.8 Å². The van der Waals surface area contributed by atoms with E-state index in [2.05, 4.69) is 16.0 Å². The number of carboxylic acid groups (broad SMARTS) is 1. The van der Waals surface area contributed by atoms with Crippen molar-refractivity contribution in [3.63, 3.8) is 0 Å². The molecule has 0 bridgehead atoms. The van der Waals surface area contributed by atoms with Crippen LogP contribution in [0.3, 0.4) is 0 Å². The number of carbonyl (C=O) groups excluding carboxylic acids is 3. The quantitative estimate of drug-likeness (QED) is 0.360. The summed E-state index contributed by atoms with van der Waals surface area (Å²) in [5.74, 6) is -2.99. The molecule has 0 fully saturated rings. The normalized spacial score (nSPS) is 13.8. The topological polar surface area (TPSA) is 134 Å². The van der Waals surface area contributed by atoms with Crippen LogP contribution in [0.15, 0.2) is 30.3 Å². The Hall–Kier alpha value is -2.94. The molecular weight excluding hydrogens is 414 g/mol. The fraction of sp³-hybridized carbons (Fsp3) is 0.565. The van der Waals surface area contributed by atoms with Crippen LogP contribution in [0.1, 0.15) is 46.6 Å². The maximum Gasteiger partial charge on any atom is 0.326 e. The van der Waals surface area contributed by atoms with Crippen LogP contribution in [0.4, 0.5) is 0 Å². The second kappa shape index (κ2) is 13.5. The third-order valence-corrected chi connectivity index (χ3v) is 4.66. The minimum atomic E-state index is -1.14. The molecule has 178 valence electrons. The predicted octanol–water partition coefficient (Wildman–Crippen LogP) is 1.46. The third kappa shape index (κ3) is 9.91. The molecule has 3 amide bonds. The highest BCUT2D eigenvalue weighted by Crippen LogP contribution is 2.09. The van der Waals surface area contributed by atoms with Crippen molar-refractivity contribution in [2.45, 2.75) is 65.8 Å². The largest absolute Gasteiger partial charge is 0.480 e. The maximum atomic E-state index is 12.9. The second-order valence-electron chi connectivity index (χ2n) is 8.51. The van der Waals surface area contributed by atoms with E-state index in [0.717, 1.165) is 5.56 Å². The standard InChI is InChI=1S/C23H35N3O6/c1-14(2)11-18(21(28)26-20(15(3)4)23(30)31)25-22(29)19(24-16(5)27)13-32-12-17-9-7-6-8-10-17/h6-10,14-15,18-20H,11-13H2,1-5H3,(H,24,27)(H,25,29)(H,26,28)(H,30,31)/t18-,19-,20-/m0/s1. The highest BCUT2D eigenvalue weighted by atomic mass is 16.5. The average Bonchev–Trinajstić information content (AvgIpc) is 2.70. The van der Waals surface area contributed by atoms with Crippen molar-refractivity contribution in [3.05, 3.63) is 35.9 Å². The number of rotatable bonds is 13. The number of hydrogen-bond donors (Lipinski definition) is 4. The van der Waals surface area contributed by atoms with Gasteiger partial charge in [0.15, 0.2) is 0 Å². The molecule has 9 nitrogen and oxygen atoms in total. The molecule has 0 aromatic heterocycles. The van der Waals surface area contributed by atoms with Crippen LogP contribution in [0, 0.1) is 11.8 Å². The van der Waals surface area contributed by atoms with Crippen LogP contribution >= 0.6 is 0 Å². The molecule has 0 aliphatic heterocycles. The third-order valence-electron chi connectivity index (χ3n) is 4.66. The Morgan fingerprint density at radius 3 is 2.00 bits per heavy atom. The minimum Gasteiger partial charge on any atom is -0.480 e. The lowest BCUT2D eigenvalue weighted by atomic mass is 10.00. The molecule has 1 aromatic carbocycles. The molecule has 9 heteroatoms. The van der Waals surface area contributed by atoms with Crippen molar-refractivity contribution in [1.82, 2.24) is 16.0 Å². The molecule has 0 radical (unpaired) electrons. The second-order valence-corrected chi connectivity index (χ2v) is 8.51. The molecule has 3 atom stereocenters. The summed E-state index contributed by atoms with van der Waals surface area (Å²) in [4.78, 5) is 48.7. The Balaban J connectivity index is 2.85. The molecule has 1 aromatic rings. The van der Waals surface area contributed by atoms with Gasteiger partial charge in [0.1, 0.15) is 18.1 Å². The predicted molar refractivity (Wildman–Crippen MR) is 119 cm³/mol. The van der Waals surface area contributed by atoms with Gasteiger partial charge < -0.3 is 25.8 Å². The molecule has 0 aliphatic rings. The van der Waals surface area contributed by atoms with Gasteiger partial charge in [-0.1, -0.05) is 58.0 Å². The van der Waals surface area contributed by atoms with Crippen molar-refractivity contribution in [2.24, 2.45) is 11.8 Å². The summed E-state index contributed by atoms with van der Waals surface area (Å²) in [5.41, 5.74) is 0.917. The Labute approximate surface area is 189 Å². The first-order valence-electron chi connectivity index (χ1n) is 10.7. The van der Waals surface area contributed by atoms with Gasteiger partial charge in [-0.3, -0.25) is 14.4 Å². The molecule has 0 saturated carbocycles. The van der Waals surface area contributed by atoms with Gasteiger partial charge in [0.05, 0.1) is 13.2 Å². The van der Waals surface area contributed by atoms with Gasteiger partial charge in [-0.25, -0.2) is 4.79 Å². The van der Waals surface area contributed by atoms with Crippen molar-refractivity contribution in [1.29, 1.82) is 0 Å². The van der Waals surface area contributed by atoms with Crippen LogP contribution in [0.5, 0.6) is 0 Å². The first-order chi connectivity index (χ1) is 15.0. The number of carbonyl (C=O) groups is 4. The van der Waals surface area contributed by atoms with E-state index < -0.39 is 41.8 Å². The van der Waals surface area contributed by atoms with Crippen LogP contribution < -0.4 is 16.0 Å². The summed E-state index contributed by atoms with van der Waals surface area (Å²) in [5, 5.41) is 17.0. The zero-order valence-electron chi connectivity index (χ0n) is 19.4. The average molecular weight is 450 g/mol. The van der Waals surface area contributed by atoms with Gasteiger partial charge in [-0.15, -0.1) is 0 Å². The summed E-state index contributed by atoms with van der Waals surface area (Å²) in [6.45, 7) is 8.61. The van der Waals surface area contributed by atoms with Crippen LogP contribution in [0.25, 0.3) is 0 Å². The van der Waals surface area contributed by atoms with Gasteiger partial charge in [0.25, 0.3) is 0 Å². The Bertz CT molecular complexity index is 766. The van der Waals surface area contributed by atoms with E-state index in [1.165, 1.54) is 6.92 Å². The molecule has 0 spiro atoms. The molecular formula is C23H35N3O6. The summed E-state index contributed by atoms with van der Waals surface area (Å²) < 4.78 is 5.60. The summed E-state index contributed by atoms with van der Waals surface area (Å²) in [7, 11) is 0. The fourth-order valence-electron chi connectivity index (χ4n) is 3.04. The van der Waals surface area contributed by atoms with Crippen LogP contribution in [-0.4, -0.2) is 53.5 Å². The van der Waals surface area contributed by atoms with Gasteiger partial charge in [-0.05, 0) is 23.8 Å². The number of benzene rings is 1. The number of aliphatic carboxylic acids is 1. The number of ether oxygens (including phenoxy) is 1. The van der Waals surface area contributed by atoms with Gasteiger partial charge in [-0.2, -0.15) is 0 Å². The molecule has 0 heterocycles. The van der Waals surface area contributed by atoms with Gasteiger partial charge in [0, 0.05) is 6.92 Å². The molecule has 0 unspecified atom stereocenters. The summed E-state index contributed by atoms with van der Waals surface area (Å²) >= 11 is 0. The zero-order valence-corrected chi connectivity index (χ0v) is 19.4. The number of hydrogen-bond acceptors (Lipinski definition) is 5. The van der Waals surface area contributed by atoms with E-state index in [0.29, 0.717) is 6.42 Å². The Morgan fingerprint density at radius 1 is 0.906 bits per heavy atom. The maximum absolute atomic E-state index is 12.9. The smallest absolute Gasteiger partial charge is 0.326 e. The van der Waals surface area contributed by atoms with Crippen molar-refractivity contribution in [3.8, 4) is 0 Å². The van der Waals surface area contributed by atoms with E-state index in [1.807, 2.05) is 44.2 Å². The monoisotopic (exact) mass is 449 g/mol. The van der Waals surface area contributed by atoms with Crippen LogP contribution in [-0.2, 0) is 30.5 Å². The van der Waals surface area contributed by atoms with Crippen molar-refractivity contribution in [2.75, 3.05) is 6.61 Å². The molecule has 0 saturated heterocycles. The van der Waals surface area contributed by atoms with E-state index in [4.69, 9.17) is 4.74 Å². The molecule has 1 rings (SSSR count). The SMILES string of the molecule is CC(=O)N[C@@H](COCc1ccccc1)C(=O)N[C@@H](CC(C)C)C(=O)N[C@H](C(=O)O)C(C)C. The Morgan fingerprint density at radius 2 is 1.50 bits per heavy atom. The Kier molecular flexibility index (Phi) is 11.4. The van der Waals surface area contributed by atoms with Gasteiger partial charge >= 0.3 is 5.97 Å². The summed E-state index contributed by atoms with van der Waals surface area (Å²) in [6, 6.07) is 6.35. The van der Waals surface area contributed by atoms with Crippen LogP contribution in [0.2, 0.25) is 0 Å². The first kappa shape index (κ1) is 27.1. The molecule has 4 N–H and O–H groups in total. The van der Waals surface area contributed by atoms with E-state index in [-0.39, 0.29) is 25.0 Å². The summed E-state index contributed by atoms with van der Waals surface area (Å²) in [6.07, 6.45) is 0.305.